The van der Waals surface area contributed by atoms with E-state index < -0.39 is 0 Å². The zero-order valence-electron chi connectivity index (χ0n) is 11.5. The Kier molecular flexibility index (Phi) is 5.38. The van der Waals surface area contributed by atoms with Crippen LogP contribution in [0.1, 0.15) is 24.8 Å². The van der Waals surface area contributed by atoms with Gasteiger partial charge in [-0.05, 0) is 30.9 Å². The molecule has 0 bridgehead atoms. The maximum atomic E-state index is 11.3. The number of hydrogen-bond donors (Lipinski definition) is 3. The molecule has 1 saturated carbocycles. The van der Waals surface area contributed by atoms with Crippen molar-refractivity contribution in [2.75, 3.05) is 13.2 Å². The van der Waals surface area contributed by atoms with Gasteiger partial charge in [0.05, 0.1) is 12.6 Å². The van der Waals surface area contributed by atoms with Crippen LogP contribution in [-0.2, 0) is 11.2 Å². The minimum Gasteiger partial charge on any atom is -0.493 e. The predicted octanol–water partition coefficient (Wildman–Crippen LogP) is 0.596. The average Bonchev–Trinajstić information content (AvgIpc) is 3.23. The number of aliphatic hydroxyl groups excluding tert-OH is 1. The predicted molar refractivity (Wildman–Crippen MR) is 76.5 cm³/mol. The highest BCUT2D eigenvalue weighted by atomic mass is 16.5. The largest absolute Gasteiger partial charge is 0.493 e. The number of nitrogens with two attached hydrogens (primary N) is 1. The Hall–Kier alpha value is -1.59. The molecular formula is C15H22N2O3. The molecule has 1 aliphatic carbocycles. The van der Waals surface area contributed by atoms with Gasteiger partial charge in [-0.3, -0.25) is 4.79 Å². The molecule has 4 N–H and O–H groups in total. The minimum absolute atomic E-state index is 0.0908. The summed E-state index contributed by atoms with van der Waals surface area (Å²) in [6.45, 7) is 0.517. The van der Waals surface area contributed by atoms with Crippen LogP contribution in [0.2, 0.25) is 0 Å². The number of rotatable bonds is 9. The van der Waals surface area contributed by atoms with Gasteiger partial charge in [0.2, 0.25) is 5.91 Å². The Morgan fingerprint density at radius 3 is 2.85 bits per heavy atom. The summed E-state index contributed by atoms with van der Waals surface area (Å²) in [5, 5.41) is 12.2. The van der Waals surface area contributed by atoms with E-state index in [0.717, 1.165) is 24.2 Å². The van der Waals surface area contributed by atoms with Crippen LogP contribution in [0.15, 0.2) is 24.3 Å². The maximum Gasteiger partial charge on any atom is 0.234 e. The van der Waals surface area contributed by atoms with Gasteiger partial charge >= 0.3 is 0 Å². The second kappa shape index (κ2) is 7.26. The molecule has 1 unspecified atom stereocenters. The maximum absolute atomic E-state index is 11.3. The number of nitrogens with one attached hydrogen (secondary N) is 1. The molecule has 0 saturated heterocycles. The van der Waals surface area contributed by atoms with Crippen molar-refractivity contribution in [3.63, 3.8) is 0 Å². The SMILES string of the molecule is NC(=O)C(CCOc1ccccc1CCO)NC1CC1. The molecule has 110 valence electrons. The second-order valence-electron chi connectivity index (χ2n) is 5.11. The van der Waals surface area contributed by atoms with Crippen LogP contribution in [0.3, 0.4) is 0 Å². The number of benzene rings is 1. The third kappa shape index (κ3) is 4.51. The molecule has 1 aliphatic rings. The van der Waals surface area contributed by atoms with Crippen LogP contribution in [0, 0.1) is 0 Å². The number of carbonyl (C=O) groups excluding carboxylic acids is 1. The Labute approximate surface area is 119 Å². The quantitative estimate of drug-likeness (QED) is 0.617. The van der Waals surface area contributed by atoms with E-state index in [4.69, 9.17) is 15.6 Å². The molecule has 1 aromatic rings. The summed E-state index contributed by atoms with van der Waals surface area (Å²) in [6.07, 6.45) is 3.35. The van der Waals surface area contributed by atoms with Gasteiger partial charge in [-0.15, -0.1) is 0 Å². The first-order valence-electron chi connectivity index (χ1n) is 7.07. The number of hydrogen-bond acceptors (Lipinski definition) is 4. The van der Waals surface area contributed by atoms with Gasteiger partial charge in [0.25, 0.3) is 0 Å². The molecule has 0 heterocycles. The molecule has 5 nitrogen and oxygen atoms in total. The topological polar surface area (TPSA) is 84.6 Å². The molecule has 0 radical (unpaired) electrons. The summed E-state index contributed by atoms with van der Waals surface area (Å²) in [5.41, 5.74) is 6.35. The highest BCUT2D eigenvalue weighted by Crippen LogP contribution is 2.21. The highest BCUT2D eigenvalue weighted by molar-refractivity contribution is 5.79. The number of carbonyl (C=O) groups is 1. The van der Waals surface area contributed by atoms with Crippen molar-refractivity contribution >= 4 is 5.91 Å². The standard InChI is InChI=1S/C15H22N2O3/c16-15(19)13(17-12-5-6-12)8-10-20-14-4-2-1-3-11(14)7-9-18/h1-4,12-13,17-18H,5-10H2,(H2,16,19). The Morgan fingerprint density at radius 1 is 1.45 bits per heavy atom. The normalized spacial score (nSPS) is 15.8. The van der Waals surface area contributed by atoms with Gasteiger partial charge in [-0.2, -0.15) is 0 Å². The number of primary amides is 1. The molecule has 0 aromatic heterocycles. The van der Waals surface area contributed by atoms with E-state index in [1.165, 1.54) is 0 Å². The summed E-state index contributed by atoms with van der Waals surface area (Å²) < 4.78 is 5.71. The Balaban J connectivity index is 1.83. The van der Waals surface area contributed by atoms with Crippen LogP contribution in [0.4, 0.5) is 0 Å². The third-order valence-electron chi connectivity index (χ3n) is 3.38. The number of ether oxygens (including phenoxy) is 1. The minimum atomic E-state index is -0.329. The van der Waals surface area contributed by atoms with Crippen LogP contribution in [-0.4, -0.2) is 36.3 Å². The van der Waals surface area contributed by atoms with Crippen molar-refractivity contribution in [3.05, 3.63) is 29.8 Å². The molecule has 1 fully saturated rings. The smallest absolute Gasteiger partial charge is 0.234 e. The van der Waals surface area contributed by atoms with E-state index in [0.29, 0.717) is 25.5 Å². The number of para-hydroxylation sites is 1. The molecule has 1 aromatic carbocycles. The lowest BCUT2D eigenvalue weighted by Gasteiger charge is -2.16. The van der Waals surface area contributed by atoms with E-state index in [2.05, 4.69) is 5.32 Å². The average molecular weight is 278 g/mol. The fourth-order valence-electron chi connectivity index (χ4n) is 2.10. The summed E-state index contributed by atoms with van der Waals surface area (Å²) in [4.78, 5) is 11.3. The van der Waals surface area contributed by atoms with Crippen molar-refractivity contribution in [2.45, 2.75) is 37.8 Å². The first-order chi connectivity index (χ1) is 9.70. The Morgan fingerprint density at radius 2 is 2.20 bits per heavy atom. The van der Waals surface area contributed by atoms with Crippen LogP contribution >= 0.6 is 0 Å². The van der Waals surface area contributed by atoms with Gasteiger partial charge in [-0.25, -0.2) is 0 Å². The number of amides is 1. The van der Waals surface area contributed by atoms with Crippen molar-refractivity contribution < 1.29 is 14.6 Å². The fraction of sp³-hybridized carbons (Fsp3) is 0.533. The van der Waals surface area contributed by atoms with Crippen molar-refractivity contribution in [3.8, 4) is 5.75 Å². The van der Waals surface area contributed by atoms with E-state index in [1.807, 2.05) is 24.3 Å². The molecule has 0 aliphatic heterocycles. The monoisotopic (exact) mass is 278 g/mol. The third-order valence-corrected chi connectivity index (χ3v) is 3.38. The molecule has 1 amide bonds. The van der Waals surface area contributed by atoms with E-state index >= 15 is 0 Å². The molecular weight excluding hydrogens is 256 g/mol. The highest BCUT2D eigenvalue weighted by Gasteiger charge is 2.27. The Bertz CT molecular complexity index is 446. The van der Waals surface area contributed by atoms with Crippen LogP contribution < -0.4 is 15.8 Å². The van der Waals surface area contributed by atoms with Gasteiger partial charge in [0, 0.05) is 19.1 Å². The number of aliphatic hydroxyl groups is 1. The van der Waals surface area contributed by atoms with Crippen molar-refractivity contribution in [1.82, 2.24) is 5.32 Å². The van der Waals surface area contributed by atoms with E-state index in [1.54, 1.807) is 0 Å². The van der Waals surface area contributed by atoms with Gasteiger partial charge in [-0.1, -0.05) is 18.2 Å². The molecule has 2 rings (SSSR count). The fourth-order valence-corrected chi connectivity index (χ4v) is 2.10. The molecule has 0 spiro atoms. The lowest BCUT2D eigenvalue weighted by atomic mass is 10.1. The summed E-state index contributed by atoms with van der Waals surface area (Å²) in [5.74, 6) is 0.431. The van der Waals surface area contributed by atoms with Crippen LogP contribution in [0.25, 0.3) is 0 Å². The first kappa shape index (κ1) is 14.8. The van der Waals surface area contributed by atoms with Crippen molar-refractivity contribution in [2.24, 2.45) is 5.73 Å². The lowest BCUT2D eigenvalue weighted by Crippen LogP contribution is -2.43. The van der Waals surface area contributed by atoms with Crippen LogP contribution in [0.5, 0.6) is 5.75 Å². The van der Waals surface area contributed by atoms with Crippen molar-refractivity contribution in [1.29, 1.82) is 0 Å². The zero-order valence-corrected chi connectivity index (χ0v) is 11.5. The van der Waals surface area contributed by atoms with E-state index in [9.17, 15) is 4.79 Å². The molecule has 5 heteroatoms. The zero-order chi connectivity index (χ0) is 14.4. The summed E-state index contributed by atoms with van der Waals surface area (Å²) >= 11 is 0. The van der Waals surface area contributed by atoms with Gasteiger partial charge < -0.3 is 20.9 Å². The van der Waals surface area contributed by atoms with Gasteiger partial charge in [0.15, 0.2) is 0 Å². The molecule has 1 atom stereocenters. The summed E-state index contributed by atoms with van der Waals surface area (Å²) in [7, 11) is 0. The second-order valence-corrected chi connectivity index (χ2v) is 5.11. The van der Waals surface area contributed by atoms with Gasteiger partial charge in [0.1, 0.15) is 5.75 Å². The molecule has 20 heavy (non-hydrogen) atoms. The first-order valence-corrected chi connectivity index (χ1v) is 7.07. The van der Waals surface area contributed by atoms with E-state index in [-0.39, 0.29) is 18.6 Å². The summed E-state index contributed by atoms with van der Waals surface area (Å²) in [6, 6.07) is 7.72. The lowest BCUT2D eigenvalue weighted by molar-refractivity contribution is -0.120.